The summed E-state index contributed by atoms with van der Waals surface area (Å²) in [6.07, 6.45) is 1.57. The number of rotatable bonds is 11. The van der Waals surface area contributed by atoms with Crippen LogP contribution in [0.25, 0.3) is 0 Å². The van der Waals surface area contributed by atoms with Crippen LogP contribution in [0.4, 0.5) is 0 Å². The number of hydrogen-bond acceptors (Lipinski definition) is 5. The van der Waals surface area contributed by atoms with Crippen molar-refractivity contribution < 1.29 is 23.8 Å². The minimum absolute atomic E-state index is 0.155. The molecule has 7 nitrogen and oxygen atoms in total. The highest BCUT2D eigenvalue weighted by Crippen LogP contribution is 2.36. The molecule has 0 aromatic heterocycles. The number of methoxy groups -OCH3 is 1. The van der Waals surface area contributed by atoms with E-state index < -0.39 is 5.91 Å². The molecule has 2 amide bonds. The van der Waals surface area contributed by atoms with E-state index in [1.165, 1.54) is 19.2 Å². The molecule has 2 rings (SSSR count). The fraction of sp³-hybridized carbons (Fsp3) is 0.300. The van der Waals surface area contributed by atoms with Gasteiger partial charge in [-0.2, -0.15) is 0 Å². The number of carbonyl (C=O) groups excluding carboxylic acids is 2. The van der Waals surface area contributed by atoms with Crippen LogP contribution >= 0.6 is 11.6 Å². The van der Waals surface area contributed by atoms with Crippen molar-refractivity contribution in [2.75, 3.05) is 26.9 Å². The number of para-hydroxylation sites is 1. The van der Waals surface area contributed by atoms with E-state index in [0.717, 1.165) is 18.6 Å². The topological polar surface area (TPSA) is 99.9 Å². The number of primary amides is 1. The van der Waals surface area contributed by atoms with Gasteiger partial charge in [0.05, 0.1) is 18.7 Å². The Labute approximate surface area is 168 Å². The molecule has 2 aromatic rings. The highest BCUT2D eigenvalue weighted by Gasteiger charge is 2.16. The van der Waals surface area contributed by atoms with Crippen LogP contribution < -0.4 is 25.3 Å². The van der Waals surface area contributed by atoms with Crippen molar-refractivity contribution in [2.24, 2.45) is 5.73 Å². The monoisotopic (exact) mass is 406 g/mol. The molecule has 0 heterocycles. The Morgan fingerprint density at radius 3 is 2.54 bits per heavy atom. The van der Waals surface area contributed by atoms with Gasteiger partial charge in [-0.25, -0.2) is 0 Å². The lowest BCUT2D eigenvalue weighted by atomic mass is 10.2. The van der Waals surface area contributed by atoms with E-state index in [1.54, 1.807) is 0 Å². The quantitative estimate of drug-likeness (QED) is 0.559. The Kier molecular flexibility index (Phi) is 8.42. The highest BCUT2D eigenvalue weighted by molar-refractivity contribution is 6.32. The lowest BCUT2D eigenvalue weighted by Gasteiger charge is -2.13. The van der Waals surface area contributed by atoms with Gasteiger partial charge in [0, 0.05) is 12.1 Å². The Balaban J connectivity index is 1.81. The molecule has 150 valence electrons. The van der Waals surface area contributed by atoms with Gasteiger partial charge in [0.15, 0.2) is 18.1 Å². The number of amides is 2. The summed E-state index contributed by atoms with van der Waals surface area (Å²) < 4.78 is 16.0. The fourth-order valence-electron chi connectivity index (χ4n) is 2.37. The second kappa shape index (κ2) is 11.0. The minimum atomic E-state index is -0.642. The van der Waals surface area contributed by atoms with Crippen LogP contribution in [0.5, 0.6) is 17.2 Å². The lowest BCUT2D eigenvalue weighted by molar-refractivity contribution is -0.119. The smallest absolute Gasteiger partial charge is 0.255 e. The molecule has 0 aliphatic rings. The van der Waals surface area contributed by atoms with Gasteiger partial charge < -0.3 is 25.3 Å². The number of halogens is 1. The number of carbonyl (C=O) groups is 2. The van der Waals surface area contributed by atoms with Gasteiger partial charge >= 0.3 is 0 Å². The number of ether oxygens (including phenoxy) is 3. The van der Waals surface area contributed by atoms with Crippen LogP contribution in [0.1, 0.15) is 23.2 Å². The van der Waals surface area contributed by atoms with E-state index >= 15 is 0 Å². The zero-order valence-electron chi connectivity index (χ0n) is 15.6. The Hall–Kier alpha value is -2.93. The summed E-state index contributed by atoms with van der Waals surface area (Å²) in [7, 11) is 1.41. The molecule has 28 heavy (non-hydrogen) atoms. The third-order valence-electron chi connectivity index (χ3n) is 3.72. The molecule has 0 saturated heterocycles. The Morgan fingerprint density at radius 1 is 1.11 bits per heavy atom. The van der Waals surface area contributed by atoms with Crippen molar-refractivity contribution in [3.63, 3.8) is 0 Å². The summed E-state index contributed by atoms with van der Waals surface area (Å²) in [5.74, 6) is 0.307. The first-order valence-electron chi connectivity index (χ1n) is 8.76. The molecule has 0 unspecified atom stereocenters. The van der Waals surface area contributed by atoms with E-state index in [0.29, 0.717) is 18.7 Å². The van der Waals surface area contributed by atoms with Crippen molar-refractivity contribution in [3.8, 4) is 17.2 Å². The molecule has 0 aliphatic heterocycles. The average molecular weight is 407 g/mol. The van der Waals surface area contributed by atoms with Gasteiger partial charge in [0.25, 0.3) is 11.8 Å². The molecular weight excluding hydrogens is 384 g/mol. The normalized spacial score (nSPS) is 10.2. The minimum Gasteiger partial charge on any atom is -0.494 e. The molecule has 3 N–H and O–H groups in total. The molecule has 0 spiro atoms. The van der Waals surface area contributed by atoms with E-state index in [4.69, 9.17) is 31.5 Å². The molecule has 0 saturated carbocycles. The summed E-state index contributed by atoms with van der Waals surface area (Å²) in [5.41, 5.74) is 5.39. The maximum Gasteiger partial charge on any atom is 0.255 e. The lowest BCUT2D eigenvalue weighted by Crippen LogP contribution is -2.25. The van der Waals surface area contributed by atoms with E-state index in [1.807, 2.05) is 30.3 Å². The largest absolute Gasteiger partial charge is 0.494 e. The molecule has 0 aliphatic carbocycles. The van der Waals surface area contributed by atoms with Crippen LogP contribution in [0.3, 0.4) is 0 Å². The van der Waals surface area contributed by atoms with Gasteiger partial charge in [0.1, 0.15) is 5.75 Å². The number of hydrogen-bond donors (Lipinski definition) is 2. The molecular formula is C20H23ClN2O5. The van der Waals surface area contributed by atoms with Crippen molar-refractivity contribution in [1.29, 1.82) is 0 Å². The third kappa shape index (κ3) is 6.66. The summed E-state index contributed by atoms with van der Waals surface area (Å²) in [5, 5.41) is 2.98. The molecule has 2 aromatic carbocycles. The van der Waals surface area contributed by atoms with E-state index in [9.17, 15) is 9.59 Å². The van der Waals surface area contributed by atoms with Gasteiger partial charge in [-0.15, -0.1) is 0 Å². The van der Waals surface area contributed by atoms with Crippen molar-refractivity contribution in [1.82, 2.24) is 5.32 Å². The summed E-state index contributed by atoms with van der Waals surface area (Å²) in [6, 6.07) is 12.5. The van der Waals surface area contributed by atoms with Crippen molar-refractivity contribution >= 4 is 23.4 Å². The summed E-state index contributed by atoms with van der Waals surface area (Å²) >= 11 is 6.15. The van der Waals surface area contributed by atoms with Gasteiger partial charge in [0.2, 0.25) is 0 Å². The van der Waals surface area contributed by atoms with Crippen LogP contribution in [0.15, 0.2) is 42.5 Å². The zero-order valence-corrected chi connectivity index (χ0v) is 16.3. The molecule has 0 fully saturated rings. The summed E-state index contributed by atoms with van der Waals surface area (Å²) in [6.45, 7) is 0.731. The molecule has 8 heteroatoms. The predicted molar refractivity (Wildman–Crippen MR) is 106 cm³/mol. The van der Waals surface area contributed by atoms with Gasteiger partial charge in [-0.1, -0.05) is 29.8 Å². The van der Waals surface area contributed by atoms with Gasteiger partial charge in [-0.05, 0) is 37.1 Å². The average Bonchev–Trinajstić information content (AvgIpc) is 2.69. The molecule has 0 bridgehead atoms. The maximum absolute atomic E-state index is 12.3. The Morgan fingerprint density at radius 2 is 1.86 bits per heavy atom. The third-order valence-corrected chi connectivity index (χ3v) is 4.00. The first-order chi connectivity index (χ1) is 13.5. The van der Waals surface area contributed by atoms with E-state index in [-0.39, 0.29) is 29.0 Å². The number of nitrogens with one attached hydrogen (secondary N) is 1. The molecule has 0 radical (unpaired) electrons. The zero-order chi connectivity index (χ0) is 20.4. The fourth-order valence-corrected chi connectivity index (χ4v) is 2.64. The van der Waals surface area contributed by atoms with Gasteiger partial charge in [-0.3, -0.25) is 9.59 Å². The number of benzene rings is 2. The summed E-state index contributed by atoms with van der Waals surface area (Å²) in [4.78, 5) is 23.2. The number of unbranched alkanes of at least 4 members (excludes halogenated alkanes) is 1. The van der Waals surface area contributed by atoms with Crippen molar-refractivity contribution in [3.05, 3.63) is 53.1 Å². The van der Waals surface area contributed by atoms with Crippen LogP contribution in [0.2, 0.25) is 5.02 Å². The first-order valence-corrected chi connectivity index (χ1v) is 9.13. The van der Waals surface area contributed by atoms with Crippen LogP contribution in [-0.2, 0) is 4.79 Å². The molecule has 0 atom stereocenters. The highest BCUT2D eigenvalue weighted by atomic mass is 35.5. The Bertz CT molecular complexity index is 799. The second-order valence-electron chi connectivity index (χ2n) is 5.87. The SMILES string of the molecule is COc1cc(C(=O)NCCCCOc2ccccc2)cc(Cl)c1OCC(N)=O. The maximum atomic E-state index is 12.3. The predicted octanol–water partition coefficient (Wildman–Crippen LogP) is 2.80. The van der Waals surface area contributed by atoms with Crippen LogP contribution in [-0.4, -0.2) is 38.7 Å². The van der Waals surface area contributed by atoms with E-state index in [2.05, 4.69) is 5.32 Å². The standard InChI is InChI=1S/C20H23ClN2O5/c1-26-17-12-14(11-16(21)19(17)28-13-18(22)24)20(25)23-9-5-6-10-27-15-7-3-2-4-8-15/h2-4,7-8,11-12H,5-6,9-10,13H2,1H3,(H2,22,24)(H,23,25). The first kappa shape index (κ1) is 21.4. The second-order valence-corrected chi connectivity index (χ2v) is 6.28. The number of nitrogens with two attached hydrogens (primary N) is 1. The van der Waals surface area contributed by atoms with Crippen molar-refractivity contribution in [2.45, 2.75) is 12.8 Å². The van der Waals surface area contributed by atoms with Crippen LogP contribution in [0, 0.1) is 0 Å².